The van der Waals surface area contributed by atoms with Crippen molar-refractivity contribution in [3.05, 3.63) is 58.9 Å². The smallest absolute Gasteiger partial charge is 0.115 e. The minimum absolute atomic E-state index is 0.514. The average molecular weight is 249 g/mol. The number of nitrogen functional groups attached to an aromatic ring is 1. The summed E-state index contributed by atoms with van der Waals surface area (Å²) in [6, 6.07) is 8.68. The molecule has 2 aromatic rings. The minimum atomic E-state index is -1.18. The maximum atomic E-state index is 10.6. The molecule has 3 N–H and O–H groups in total. The van der Waals surface area contributed by atoms with Crippen LogP contribution in [0.1, 0.15) is 18.1 Å². The van der Waals surface area contributed by atoms with Gasteiger partial charge < -0.3 is 10.8 Å². The lowest BCUT2D eigenvalue weighted by Crippen LogP contribution is -2.24. The fourth-order valence-corrected chi connectivity index (χ4v) is 1.87. The van der Waals surface area contributed by atoms with Crippen LogP contribution in [0.3, 0.4) is 0 Å². The molecule has 0 spiro atoms. The second kappa shape index (κ2) is 4.35. The van der Waals surface area contributed by atoms with Crippen LogP contribution in [-0.4, -0.2) is 10.1 Å². The molecule has 3 nitrogen and oxygen atoms in total. The first-order valence-electron chi connectivity index (χ1n) is 5.20. The maximum Gasteiger partial charge on any atom is 0.115 e. The van der Waals surface area contributed by atoms with Crippen molar-refractivity contribution in [3.8, 4) is 0 Å². The largest absolute Gasteiger partial charge is 0.398 e. The Balaban J connectivity index is 2.49. The van der Waals surface area contributed by atoms with E-state index < -0.39 is 5.60 Å². The summed E-state index contributed by atoms with van der Waals surface area (Å²) in [7, 11) is 0. The quantitative estimate of drug-likeness (QED) is 0.859. The highest BCUT2D eigenvalue weighted by molar-refractivity contribution is 6.30. The highest BCUT2D eigenvalue weighted by Crippen LogP contribution is 2.32. The summed E-state index contributed by atoms with van der Waals surface area (Å²) in [4.78, 5) is 3.99. The number of rotatable bonds is 2. The molecule has 0 aliphatic rings. The summed E-state index contributed by atoms with van der Waals surface area (Å²) < 4.78 is 0. The van der Waals surface area contributed by atoms with Crippen molar-refractivity contribution in [3.63, 3.8) is 0 Å². The molecule has 0 fully saturated rings. The molecule has 1 aromatic heterocycles. The van der Waals surface area contributed by atoms with Crippen LogP contribution in [0.15, 0.2) is 42.7 Å². The fourth-order valence-electron chi connectivity index (χ4n) is 1.74. The topological polar surface area (TPSA) is 59.1 Å². The van der Waals surface area contributed by atoms with Crippen molar-refractivity contribution in [2.75, 3.05) is 5.73 Å². The zero-order chi connectivity index (χ0) is 12.5. The van der Waals surface area contributed by atoms with E-state index in [1.165, 1.54) is 0 Å². The van der Waals surface area contributed by atoms with Gasteiger partial charge in [-0.2, -0.15) is 0 Å². The molecular formula is C13H13ClN2O. The molecule has 0 aliphatic carbocycles. The third-order valence-corrected chi connectivity index (χ3v) is 3.04. The van der Waals surface area contributed by atoms with Crippen molar-refractivity contribution in [2.45, 2.75) is 12.5 Å². The van der Waals surface area contributed by atoms with Crippen LogP contribution in [0.2, 0.25) is 5.02 Å². The Kier molecular flexibility index (Phi) is 3.05. The van der Waals surface area contributed by atoms with E-state index in [0.717, 1.165) is 5.56 Å². The number of benzene rings is 1. The van der Waals surface area contributed by atoms with Gasteiger partial charge in [-0.25, -0.2) is 0 Å². The van der Waals surface area contributed by atoms with Gasteiger partial charge >= 0.3 is 0 Å². The normalized spacial score (nSPS) is 14.3. The van der Waals surface area contributed by atoms with Gasteiger partial charge in [-0.05, 0) is 30.7 Å². The van der Waals surface area contributed by atoms with Crippen LogP contribution in [0, 0.1) is 0 Å². The van der Waals surface area contributed by atoms with Gasteiger partial charge in [0.15, 0.2) is 0 Å². The first kappa shape index (κ1) is 11.9. The number of nitrogens with two attached hydrogens (primary N) is 1. The molecule has 4 heteroatoms. The lowest BCUT2D eigenvalue weighted by Gasteiger charge is -2.25. The fraction of sp³-hybridized carbons (Fsp3) is 0.154. The van der Waals surface area contributed by atoms with Gasteiger partial charge in [0, 0.05) is 28.7 Å². The predicted molar refractivity (Wildman–Crippen MR) is 68.8 cm³/mol. The minimum Gasteiger partial charge on any atom is -0.398 e. The molecule has 0 aliphatic heterocycles. The Morgan fingerprint density at radius 3 is 2.47 bits per heavy atom. The molecule has 1 aromatic carbocycles. The van der Waals surface area contributed by atoms with Gasteiger partial charge in [-0.15, -0.1) is 0 Å². The number of pyridine rings is 1. The van der Waals surface area contributed by atoms with Gasteiger partial charge in [0.1, 0.15) is 5.60 Å². The molecule has 0 radical (unpaired) electrons. The van der Waals surface area contributed by atoms with Gasteiger partial charge in [0.25, 0.3) is 0 Å². The summed E-state index contributed by atoms with van der Waals surface area (Å²) >= 11 is 5.82. The number of hydrogen-bond donors (Lipinski definition) is 2. The Morgan fingerprint density at radius 1 is 1.24 bits per heavy atom. The van der Waals surface area contributed by atoms with Crippen molar-refractivity contribution < 1.29 is 5.11 Å². The van der Waals surface area contributed by atoms with E-state index in [-0.39, 0.29) is 0 Å². The second-order valence-electron chi connectivity index (χ2n) is 4.04. The van der Waals surface area contributed by atoms with E-state index in [0.29, 0.717) is 16.3 Å². The van der Waals surface area contributed by atoms with E-state index in [2.05, 4.69) is 4.98 Å². The Hall–Kier alpha value is -1.58. The standard InChI is InChI=1S/C13H13ClN2O/c1-13(17,9-2-4-10(14)5-3-9)11-8-16-7-6-12(11)15/h2-8,17H,1H3,(H2,15,16). The Bertz CT molecular complexity index is 523. The van der Waals surface area contributed by atoms with E-state index in [9.17, 15) is 5.11 Å². The molecule has 0 bridgehead atoms. The third-order valence-electron chi connectivity index (χ3n) is 2.79. The monoisotopic (exact) mass is 248 g/mol. The highest BCUT2D eigenvalue weighted by atomic mass is 35.5. The molecule has 1 unspecified atom stereocenters. The Labute approximate surface area is 105 Å². The molecule has 1 heterocycles. The molecule has 1 atom stereocenters. The van der Waals surface area contributed by atoms with Crippen LogP contribution in [0.5, 0.6) is 0 Å². The molecule has 0 amide bonds. The number of anilines is 1. The summed E-state index contributed by atoms with van der Waals surface area (Å²) in [6.45, 7) is 1.68. The second-order valence-corrected chi connectivity index (χ2v) is 4.48. The lowest BCUT2D eigenvalue weighted by atomic mass is 9.88. The Morgan fingerprint density at radius 2 is 1.88 bits per heavy atom. The first-order valence-corrected chi connectivity index (χ1v) is 5.58. The average Bonchev–Trinajstić information content (AvgIpc) is 2.30. The molecule has 88 valence electrons. The van der Waals surface area contributed by atoms with Crippen LogP contribution < -0.4 is 5.73 Å². The van der Waals surface area contributed by atoms with E-state index >= 15 is 0 Å². The summed E-state index contributed by atoms with van der Waals surface area (Å²) in [6.07, 6.45) is 3.17. The lowest BCUT2D eigenvalue weighted by molar-refractivity contribution is 0.103. The van der Waals surface area contributed by atoms with E-state index in [1.54, 1.807) is 49.6 Å². The van der Waals surface area contributed by atoms with E-state index in [4.69, 9.17) is 17.3 Å². The predicted octanol–water partition coefficient (Wildman–Crippen LogP) is 2.57. The molecule has 0 saturated heterocycles. The van der Waals surface area contributed by atoms with Gasteiger partial charge in [0.2, 0.25) is 0 Å². The summed E-state index contributed by atoms with van der Waals surface area (Å²) in [5.41, 5.74) is 6.49. The molecule has 17 heavy (non-hydrogen) atoms. The number of hydrogen-bond acceptors (Lipinski definition) is 3. The van der Waals surface area contributed by atoms with Crippen LogP contribution >= 0.6 is 11.6 Å². The number of aromatic nitrogens is 1. The van der Waals surface area contributed by atoms with E-state index in [1.807, 2.05) is 0 Å². The first-order chi connectivity index (χ1) is 8.01. The van der Waals surface area contributed by atoms with Gasteiger partial charge in [0.05, 0.1) is 0 Å². The third kappa shape index (κ3) is 2.25. The highest BCUT2D eigenvalue weighted by Gasteiger charge is 2.27. The number of nitrogens with zero attached hydrogens (tertiary/aromatic N) is 1. The maximum absolute atomic E-state index is 10.6. The zero-order valence-corrected chi connectivity index (χ0v) is 10.1. The number of aliphatic hydroxyl groups is 1. The van der Waals surface area contributed by atoms with Crippen molar-refractivity contribution in [1.82, 2.24) is 4.98 Å². The molecular weight excluding hydrogens is 236 g/mol. The van der Waals surface area contributed by atoms with Crippen LogP contribution in [0.4, 0.5) is 5.69 Å². The van der Waals surface area contributed by atoms with Crippen LogP contribution in [-0.2, 0) is 5.60 Å². The van der Waals surface area contributed by atoms with Crippen molar-refractivity contribution >= 4 is 17.3 Å². The number of halogens is 1. The zero-order valence-electron chi connectivity index (χ0n) is 9.39. The SMILES string of the molecule is CC(O)(c1ccc(Cl)cc1)c1cnccc1N. The summed E-state index contributed by atoms with van der Waals surface area (Å²) in [5, 5.41) is 11.2. The summed E-state index contributed by atoms with van der Waals surface area (Å²) in [5.74, 6) is 0. The van der Waals surface area contributed by atoms with Gasteiger partial charge in [-0.1, -0.05) is 23.7 Å². The van der Waals surface area contributed by atoms with Crippen LogP contribution in [0.25, 0.3) is 0 Å². The van der Waals surface area contributed by atoms with Crippen molar-refractivity contribution in [1.29, 1.82) is 0 Å². The van der Waals surface area contributed by atoms with Crippen molar-refractivity contribution in [2.24, 2.45) is 0 Å². The molecule has 0 saturated carbocycles. The molecule has 2 rings (SSSR count). The van der Waals surface area contributed by atoms with Gasteiger partial charge in [-0.3, -0.25) is 4.98 Å².